The third kappa shape index (κ3) is 5.51. The first-order chi connectivity index (χ1) is 8.24. The third-order valence-electron chi connectivity index (χ3n) is 2.15. The highest BCUT2D eigenvalue weighted by atomic mass is 16.5. The molecule has 1 aromatic rings. The predicted molar refractivity (Wildman–Crippen MR) is 66.2 cm³/mol. The quantitative estimate of drug-likeness (QED) is 0.696. The highest BCUT2D eigenvalue weighted by Crippen LogP contribution is 2.16. The molecule has 2 N–H and O–H groups in total. The maximum Gasteiger partial charge on any atom is 0.216 e. The Morgan fingerprint density at radius 2 is 2.06 bits per heavy atom. The van der Waals surface area contributed by atoms with Crippen LogP contribution in [0.25, 0.3) is 0 Å². The van der Waals surface area contributed by atoms with Crippen LogP contribution in [0, 0.1) is 6.92 Å². The molecular formula is C12H20N2O3. The van der Waals surface area contributed by atoms with Crippen LogP contribution in [-0.4, -0.2) is 38.5 Å². The normalized spacial score (nSPS) is 10.5. The average Bonchev–Trinajstić information content (AvgIpc) is 2.30. The number of hydrogen-bond acceptors (Lipinski definition) is 5. The average molecular weight is 240 g/mol. The lowest BCUT2D eigenvalue weighted by molar-refractivity contribution is 0.0641. The van der Waals surface area contributed by atoms with Crippen molar-refractivity contribution in [3.8, 4) is 5.88 Å². The molecule has 96 valence electrons. The number of hydrogen-bond donors (Lipinski definition) is 1. The summed E-state index contributed by atoms with van der Waals surface area (Å²) in [5.41, 5.74) is 7.20. The molecule has 0 aromatic carbocycles. The summed E-state index contributed by atoms with van der Waals surface area (Å²) in [5, 5.41) is 0. The van der Waals surface area contributed by atoms with Crippen molar-refractivity contribution < 1.29 is 14.2 Å². The fourth-order valence-corrected chi connectivity index (χ4v) is 1.31. The second-order valence-electron chi connectivity index (χ2n) is 3.70. The molecule has 0 radical (unpaired) electrons. The van der Waals surface area contributed by atoms with Crippen LogP contribution in [0.15, 0.2) is 12.3 Å². The van der Waals surface area contributed by atoms with E-state index < -0.39 is 0 Å². The Labute approximate surface area is 102 Å². The number of nitrogens with zero attached hydrogens (tertiary/aromatic N) is 1. The van der Waals surface area contributed by atoms with Crippen molar-refractivity contribution in [2.75, 3.05) is 39.3 Å². The Hall–Kier alpha value is -1.33. The van der Waals surface area contributed by atoms with Crippen LogP contribution < -0.4 is 10.5 Å². The lowest BCUT2D eigenvalue weighted by Gasteiger charge is -2.08. The van der Waals surface area contributed by atoms with Gasteiger partial charge in [0, 0.05) is 25.7 Å². The molecule has 17 heavy (non-hydrogen) atoms. The van der Waals surface area contributed by atoms with Crippen molar-refractivity contribution in [2.24, 2.45) is 0 Å². The van der Waals surface area contributed by atoms with Crippen molar-refractivity contribution in [2.45, 2.75) is 13.3 Å². The Balaban J connectivity index is 2.14. The molecule has 0 aliphatic rings. The number of aryl methyl sites for hydroxylation is 1. The van der Waals surface area contributed by atoms with E-state index in [1.807, 2.05) is 13.0 Å². The molecule has 0 saturated heterocycles. The Morgan fingerprint density at radius 1 is 1.24 bits per heavy atom. The molecule has 0 fully saturated rings. The number of nitrogens with two attached hydrogens (primary N) is 1. The summed E-state index contributed by atoms with van der Waals surface area (Å²) >= 11 is 0. The van der Waals surface area contributed by atoms with Gasteiger partial charge in [-0.2, -0.15) is 0 Å². The zero-order valence-corrected chi connectivity index (χ0v) is 10.4. The number of ether oxygens (including phenoxy) is 3. The monoisotopic (exact) mass is 240 g/mol. The summed E-state index contributed by atoms with van der Waals surface area (Å²) in [4.78, 5) is 4.12. The lowest BCUT2D eigenvalue weighted by atomic mass is 10.3. The molecule has 1 heterocycles. The molecule has 1 rings (SSSR count). The van der Waals surface area contributed by atoms with Crippen LogP contribution >= 0.6 is 0 Å². The second-order valence-corrected chi connectivity index (χ2v) is 3.70. The van der Waals surface area contributed by atoms with Crippen LogP contribution in [0.2, 0.25) is 0 Å². The van der Waals surface area contributed by atoms with Gasteiger partial charge in [0.2, 0.25) is 5.88 Å². The van der Waals surface area contributed by atoms with Crippen molar-refractivity contribution in [1.82, 2.24) is 4.98 Å². The molecule has 1 aromatic heterocycles. The van der Waals surface area contributed by atoms with Gasteiger partial charge in [-0.1, -0.05) is 0 Å². The van der Waals surface area contributed by atoms with E-state index in [4.69, 9.17) is 19.9 Å². The first-order valence-electron chi connectivity index (χ1n) is 5.65. The van der Waals surface area contributed by atoms with Crippen molar-refractivity contribution in [3.05, 3.63) is 17.8 Å². The van der Waals surface area contributed by atoms with E-state index in [1.54, 1.807) is 13.3 Å². The summed E-state index contributed by atoms with van der Waals surface area (Å²) in [6.07, 6.45) is 2.42. The van der Waals surface area contributed by atoms with Gasteiger partial charge in [-0.05, 0) is 13.0 Å². The standard InChI is InChI=1S/C12H20N2O3/c1-10-8-11(13)9-14-12(10)17-5-3-4-16-7-6-15-2/h8-9H,3-7,13H2,1-2H3. The van der Waals surface area contributed by atoms with Crippen LogP contribution in [0.4, 0.5) is 5.69 Å². The molecule has 5 heteroatoms. The van der Waals surface area contributed by atoms with E-state index in [2.05, 4.69) is 4.98 Å². The van der Waals surface area contributed by atoms with Gasteiger partial charge in [0.1, 0.15) is 0 Å². The molecule has 0 aliphatic carbocycles. The van der Waals surface area contributed by atoms with Crippen LogP contribution in [-0.2, 0) is 9.47 Å². The number of rotatable bonds is 8. The topological polar surface area (TPSA) is 66.6 Å². The first-order valence-corrected chi connectivity index (χ1v) is 5.65. The largest absolute Gasteiger partial charge is 0.477 e. The van der Waals surface area contributed by atoms with Gasteiger partial charge in [0.15, 0.2) is 0 Å². The Bertz CT molecular complexity index is 332. The zero-order chi connectivity index (χ0) is 12.5. The lowest BCUT2D eigenvalue weighted by Crippen LogP contribution is -2.07. The highest BCUT2D eigenvalue weighted by molar-refractivity contribution is 5.41. The molecule has 0 bridgehead atoms. The summed E-state index contributed by atoms with van der Waals surface area (Å²) in [7, 11) is 1.65. The minimum atomic E-state index is 0.588. The maximum atomic E-state index is 5.60. The van der Waals surface area contributed by atoms with Crippen LogP contribution in [0.3, 0.4) is 0 Å². The van der Waals surface area contributed by atoms with Crippen molar-refractivity contribution in [3.63, 3.8) is 0 Å². The SMILES string of the molecule is COCCOCCCOc1ncc(N)cc1C. The Kier molecular flexibility index (Phi) is 6.35. The van der Waals surface area contributed by atoms with E-state index in [1.165, 1.54) is 0 Å². The molecule has 5 nitrogen and oxygen atoms in total. The van der Waals surface area contributed by atoms with Gasteiger partial charge in [0.05, 0.1) is 31.7 Å². The molecule has 0 unspecified atom stereocenters. The zero-order valence-electron chi connectivity index (χ0n) is 10.4. The van der Waals surface area contributed by atoms with Gasteiger partial charge in [-0.3, -0.25) is 0 Å². The van der Waals surface area contributed by atoms with Crippen LogP contribution in [0.1, 0.15) is 12.0 Å². The van der Waals surface area contributed by atoms with Gasteiger partial charge in [-0.15, -0.1) is 0 Å². The van der Waals surface area contributed by atoms with Gasteiger partial charge in [-0.25, -0.2) is 4.98 Å². The molecule has 0 saturated carbocycles. The summed E-state index contributed by atoms with van der Waals surface area (Å²) < 4.78 is 15.7. The second kappa shape index (κ2) is 7.86. The van der Waals surface area contributed by atoms with Crippen LogP contribution in [0.5, 0.6) is 5.88 Å². The Morgan fingerprint density at radius 3 is 2.76 bits per heavy atom. The summed E-state index contributed by atoms with van der Waals surface area (Å²) in [6.45, 7) is 4.42. The number of methoxy groups -OCH3 is 1. The summed E-state index contributed by atoms with van der Waals surface area (Å²) in [6, 6.07) is 1.84. The number of nitrogen functional groups attached to an aromatic ring is 1. The van der Waals surface area contributed by atoms with E-state index in [0.29, 0.717) is 38.0 Å². The third-order valence-corrected chi connectivity index (χ3v) is 2.15. The summed E-state index contributed by atoms with van der Waals surface area (Å²) in [5.74, 6) is 0.635. The van der Waals surface area contributed by atoms with Crippen molar-refractivity contribution in [1.29, 1.82) is 0 Å². The van der Waals surface area contributed by atoms with E-state index in [9.17, 15) is 0 Å². The molecule has 0 atom stereocenters. The minimum Gasteiger partial charge on any atom is -0.477 e. The number of aromatic nitrogens is 1. The van der Waals surface area contributed by atoms with Gasteiger partial charge in [0.25, 0.3) is 0 Å². The maximum absolute atomic E-state index is 5.60. The number of anilines is 1. The molecule has 0 aliphatic heterocycles. The minimum absolute atomic E-state index is 0.588. The molecule has 0 amide bonds. The first kappa shape index (κ1) is 13.7. The molecular weight excluding hydrogens is 220 g/mol. The highest BCUT2D eigenvalue weighted by Gasteiger charge is 2.01. The number of pyridine rings is 1. The van der Waals surface area contributed by atoms with E-state index in [-0.39, 0.29) is 0 Å². The smallest absolute Gasteiger partial charge is 0.216 e. The van der Waals surface area contributed by atoms with E-state index in [0.717, 1.165) is 12.0 Å². The fraction of sp³-hybridized carbons (Fsp3) is 0.583. The molecule has 0 spiro atoms. The van der Waals surface area contributed by atoms with E-state index >= 15 is 0 Å². The van der Waals surface area contributed by atoms with Crippen molar-refractivity contribution >= 4 is 5.69 Å². The van der Waals surface area contributed by atoms with Gasteiger partial charge >= 0.3 is 0 Å². The predicted octanol–water partition coefficient (Wildman–Crippen LogP) is 1.40. The van der Waals surface area contributed by atoms with Gasteiger partial charge < -0.3 is 19.9 Å². The fourth-order valence-electron chi connectivity index (χ4n) is 1.31.